The van der Waals surface area contributed by atoms with Gasteiger partial charge in [-0.2, -0.15) is 0 Å². The van der Waals surface area contributed by atoms with Crippen LogP contribution in [0.5, 0.6) is 11.5 Å². The summed E-state index contributed by atoms with van der Waals surface area (Å²) < 4.78 is 30.2. The molecule has 2 aromatic carbocycles. The van der Waals surface area contributed by atoms with Crippen molar-refractivity contribution in [3.05, 3.63) is 59.9 Å². The average molecular weight is 389 g/mol. The van der Waals surface area contributed by atoms with Gasteiger partial charge >= 0.3 is 0 Å². The number of hydrogen-bond donors (Lipinski definition) is 2. The van der Waals surface area contributed by atoms with E-state index in [-0.39, 0.29) is 17.7 Å². The van der Waals surface area contributed by atoms with Crippen LogP contribution in [-0.4, -0.2) is 45.9 Å². The number of guanidine groups is 1. The van der Waals surface area contributed by atoms with Crippen LogP contribution in [-0.2, 0) is 11.3 Å². The van der Waals surface area contributed by atoms with Crippen molar-refractivity contribution in [3.8, 4) is 11.5 Å². The summed E-state index contributed by atoms with van der Waals surface area (Å²) in [6, 6.07) is 14.1. The number of ether oxygens (including phenoxy) is 3. The van der Waals surface area contributed by atoms with Crippen LogP contribution < -0.4 is 20.1 Å². The van der Waals surface area contributed by atoms with E-state index >= 15 is 0 Å². The molecule has 6 nitrogen and oxygen atoms in total. The fourth-order valence-corrected chi connectivity index (χ4v) is 2.51. The number of benzene rings is 2. The lowest BCUT2D eigenvalue weighted by atomic mass is 10.2. The van der Waals surface area contributed by atoms with Gasteiger partial charge in [-0.3, -0.25) is 4.99 Å². The van der Waals surface area contributed by atoms with Crippen molar-refractivity contribution in [3.63, 3.8) is 0 Å². The highest BCUT2D eigenvalue weighted by Crippen LogP contribution is 2.18. The maximum Gasteiger partial charge on any atom is 0.191 e. The van der Waals surface area contributed by atoms with E-state index in [2.05, 4.69) is 15.6 Å². The molecule has 0 aliphatic rings. The molecule has 0 aromatic heterocycles. The van der Waals surface area contributed by atoms with E-state index in [1.165, 1.54) is 6.07 Å². The highest BCUT2D eigenvalue weighted by molar-refractivity contribution is 5.79. The number of aliphatic imine (C=N–C) groups is 1. The minimum atomic E-state index is -0.371. The average Bonchev–Trinajstić information content (AvgIpc) is 2.72. The summed E-state index contributed by atoms with van der Waals surface area (Å²) in [5, 5.41) is 6.32. The Balaban J connectivity index is 1.65. The predicted molar refractivity (Wildman–Crippen MR) is 109 cm³/mol. The Labute approximate surface area is 165 Å². The van der Waals surface area contributed by atoms with Gasteiger partial charge in [-0.25, -0.2) is 4.39 Å². The van der Waals surface area contributed by atoms with Gasteiger partial charge in [0, 0.05) is 19.2 Å². The fourth-order valence-electron chi connectivity index (χ4n) is 2.51. The first-order chi connectivity index (χ1) is 13.6. The molecule has 0 saturated carbocycles. The Kier molecular flexibility index (Phi) is 9.07. The van der Waals surface area contributed by atoms with Gasteiger partial charge in [0.15, 0.2) is 17.5 Å². The Hall–Kier alpha value is -2.80. The summed E-state index contributed by atoms with van der Waals surface area (Å²) in [6.45, 7) is 3.93. The fraction of sp³-hybridized carbons (Fsp3) is 0.381. The van der Waals surface area contributed by atoms with Gasteiger partial charge in [0.1, 0.15) is 11.9 Å². The van der Waals surface area contributed by atoms with Crippen molar-refractivity contribution >= 4 is 5.96 Å². The largest absolute Gasteiger partial charge is 0.496 e. The van der Waals surface area contributed by atoms with E-state index in [0.717, 1.165) is 11.3 Å². The van der Waals surface area contributed by atoms with Gasteiger partial charge in [-0.15, -0.1) is 0 Å². The number of rotatable bonds is 10. The van der Waals surface area contributed by atoms with E-state index in [0.29, 0.717) is 32.3 Å². The van der Waals surface area contributed by atoms with Gasteiger partial charge in [0.25, 0.3) is 0 Å². The molecule has 0 aliphatic carbocycles. The highest BCUT2D eigenvalue weighted by atomic mass is 19.1. The third-order valence-electron chi connectivity index (χ3n) is 3.93. The summed E-state index contributed by atoms with van der Waals surface area (Å²) in [5.74, 6) is 1.31. The van der Waals surface area contributed by atoms with Crippen LogP contribution in [0.1, 0.15) is 12.5 Å². The second-order valence-electron chi connectivity index (χ2n) is 6.10. The molecule has 0 saturated heterocycles. The third-order valence-corrected chi connectivity index (χ3v) is 3.93. The molecule has 0 radical (unpaired) electrons. The molecule has 1 atom stereocenters. The highest BCUT2D eigenvalue weighted by Gasteiger charge is 2.09. The van der Waals surface area contributed by atoms with Crippen molar-refractivity contribution in [1.29, 1.82) is 0 Å². The predicted octanol–water partition coefficient (Wildman–Crippen LogP) is 2.98. The van der Waals surface area contributed by atoms with Gasteiger partial charge < -0.3 is 24.8 Å². The normalized spacial score (nSPS) is 12.4. The number of nitrogens with zero attached hydrogens (tertiary/aromatic N) is 1. The number of para-hydroxylation sites is 2. The van der Waals surface area contributed by atoms with Crippen molar-refractivity contribution in [2.24, 2.45) is 4.99 Å². The zero-order valence-corrected chi connectivity index (χ0v) is 16.6. The third kappa shape index (κ3) is 7.08. The van der Waals surface area contributed by atoms with Crippen molar-refractivity contribution in [2.75, 3.05) is 33.9 Å². The maximum atomic E-state index is 13.6. The molecule has 0 heterocycles. The topological polar surface area (TPSA) is 64.1 Å². The van der Waals surface area contributed by atoms with E-state index in [9.17, 15) is 4.39 Å². The molecule has 2 N–H and O–H groups in total. The first kappa shape index (κ1) is 21.5. The van der Waals surface area contributed by atoms with E-state index in [1.54, 1.807) is 32.4 Å². The van der Waals surface area contributed by atoms with Gasteiger partial charge in [0.2, 0.25) is 0 Å². The maximum absolute atomic E-state index is 13.6. The lowest BCUT2D eigenvalue weighted by Gasteiger charge is -2.18. The number of hydrogen-bond acceptors (Lipinski definition) is 4. The van der Waals surface area contributed by atoms with Crippen LogP contribution in [0.15, 0.2) is 53.5 Å². The van der Waals surface area contributed by atoms with Crippen LogP contribution in [0.4, 0.5) is 4.39 Å². The van der Waals surface area contributed by atoms with Crippen molar-refractivity contribution in [1.82, 2.24) is 10.6 Å². The summed E-state index contributed by atoms with van der Waals surface area (Å²) in [6.07, 6.45) is -0.225. The quantitative estimate of drug-likeness (QED) is 0.372. The summed E-state index contributed by atoms with van der Waals surface area (Å²) in [7, 11) is 3.33. The molecule has 2 rings (SSSR count). The van der Waals surface area contributed by atoms with Crippen LogP contribution in [0, 0.1) is 5.82 Å². The van der Waals surface area contributed by atoms with Gasteiger partial charge in [-0.05, 0) is 25.1 Å². The molecule has 0 aliphatic heterocycles. The second-order valence-corrected chi connectivity index (χ2v) is 6.10. The SMILES string of the molecule is CN=C(NCCOCc1ccccc1OC)NCC(C)Oc1ccccc1F. The summed E-state index contributed by atoms with van der Waals surface area (Å²) >= 11 is 0. The molecule has 1 unspecified atom stereocenters. The Morgan fingerprint density at radius 2 is 1.79 bits per heavy atom. The zero-order chi connectivity index (χ0) is 20.2. The van der Waals surface area contributed by atoms with Crippen LogP contribution in [0.2, 0.25) is 0 Å². The first-order valence-electron chi connectivity index (χ1n) is 9.19. The lowest BCUT2D eigenvalue weighted by molar-refractivity contribution is 0.123. The van der Waals surface area contributed by atoms with Gasteiger partial charge in [0.05, 0.1) is 26.9 Å². The monoisotopic (exact) mass is 389 g/mol. The molecular weight excluding hydrogens is 361 g/mol. The Bertz CT molecular complexity index is 755. The summed E-state index contributed by atoms with van der Waals surface area (Å²) in [5.41, 5.74) is 1.01. The molecule has 0 bridgehead atoms. The van der Waals surface area contributed by atoms with E-state index in [1.807, 2.05) is 31.2 Å². The van der Waals surface area contributed by atoms with Crippen LogP contribution in [0.25, 0.3) is 0 Å². The molecule has 7 heteroatoms. The Morgan fingerprint density at radius 1 is 1.07 bits per heavy atom. The van der Waals surface area contributed by atoms with Crippen LogP contribution >= 0.6 is 0 Å². The van der Waals surface area contributed by atoms with Gasteiger partial charge in [-0.1, -0.05) is 30.3 Å². The number of methoxy groups -OCH3 is 1. The second kappa shape index (κ2) is 11.8. The number of halogens is 1. The minimum Gasteiger partial charge on any atom is -0.496 e. The summed E-state index contributed by atoms with van der Waals surface area (Å²) in [4.78, 5) is 4.16. The molecule has 0 amide bonds. The standard InChI is InChI=1S/C21H28FN3O3/c1-16(28-20-11-7-5-9-18(20)22)14-25-21(23-2)24-12-13-27-15-17-8-4-6-10-19(17)26-3/h4-11,16H,12-15H2,1-3H3,(H2,23,24,25). The lowest BCUT2D eigenvalue weighted by Crippen LogP contribution is -2.42. The molecule has 2 aromatic rings. The smallest absolute Gasteiger partial charge is 0.191 e. The van der Waals surface area contributed by atoms with Crippen molar-refractivity contribution < 1.29 is 18.6 Å². The van der Waals surface area contributed by atoms with E-state index < -0.39 is 0 Å². The first-order valence-corrected chi connectivity index (χ1v) is 9.19. The zero-order valence-electron chi connectivity index (χ0n) is 16.6. The molecule has 152 valence electrons. The Morgan fingerprint density at radius 3 is 2.50 bits per heavy atom. The molecular formula is C21H28FN3O3. The van der Waals surface area contributed by atoms with E-state index in [4.69, 9.17) is 14.2 Å². The molecule has 0 spiro atoms. The van der Waals surface area contributed by atoms with Crippen LogP contribution in [0.3, 0.4) is 0 Å². The number of nitrogens with one attached hydrogen (secondary N) is 2. The van der Waals surface area contributed by atoms with Crippen molar-refractivity contribution in [2.45, 2.75) is 19.6 Å². The molecule has 0 fully saturated rings. The minimum absolute atomic E-state index is 0.225. The molecule has 28 heavy (non-hydrogen) atoms.